The van der Waals surface area contributed by atoms with Gasteiger partial charge in [-0.15, -0.1) is 0 Å². The zero-order valence-electron chi connectivity index (χ0n) is 19.0. The third-order valence-electron chi connectivity index (χ3n) is 4.85. The Morgan fingerprint density at radius 2 is 1.71 bits per heavy atom. The number of aryl methyl sites for hydroxylation is 1. The van der Waals surface area contributed by atoms with E-state index < -0.39 is 9.76 Å². The zero-order chi connectivity index (χ0) is 24.7. The van der Waals surface area contributed by atoms with Gasteiger partial charge < -0.3 is 34.0 Å². The first-order chi connectivity index (χ1) is 16.3. The number of hydrogen-bond acceptors (Lipinski definition) is 4. The van der Waals surface area contributed by atoms with Gasteiger partial charge in [0, 0.05) is 23.6 Å². The summed E-state index contributed by atoms with van der Waals surface area (Å²) in [6.45, 7) is 6.37. The van der Waals surface area contributed by atoms with Crippen LogP contribution in [0.4, 0.5) is 5.69 Å². The fourth-order valence-electron chi connectivity index (χ4n) is 3.35. The quantitative estimate of drug-likeness (QED) is 0.184. The van der Waals surface area contributed by atoms with Crippen molar-refractivity contribution >= 4 is 85.9 Å². The molecule has 1 aliphatic rings. The molecule has 0 unspecified atom stereocenters. The third-order valence-corrected chi connectivity index (χ3v) is 7.59. The smallest absolute Gasteiger partial charge is 0.356 e. The molecular weight excluding hydrogens is 658 g/mol. The molecular formula is C25H24Cl3IN2O2S2. The molecule has 35 heavy (non-hydrogen) atoms. The van der Waals surface area contributed by atoms with Crippen LogP contribution in [-0.4, -0.2) is 21.4 Å². The summed E-state index contributed by atoms with van der Waals surface area (Å²) in [5.74, 6) is -1.46. The Kier molecular flexibility index (Phi) is 11.9. The van der Waals surface area contributed by atoms with Crippen molar-refractivity contribution in [2.24, 2.45) is 0 Å². The highest BCUT2D eigenvalue weighted by Gasteiger charge is 2.29. The molecule has 0 bridgehead atoms. The maximum atomic E-state index is 9.62. The van der Waals surface area contributed by atoms with Crippen LogP contribution < -0.4 is 33.4 Å². The second-order valence-corrected chi connectivity index (χ2v) is 11.4. The summed E-state index contributed by atoms with van der Waals surface area (Å²) in [4.78, 5) is 13.3. The molecule has 1 N–H and O–H groups in total. The number of benzene rings is 2. The summed E-state index contributed by atoms with van der Waals surface area (Å²) in [5, 5.41) is 10.4. The van der Waals surface area contributed by atoms with E-state index >= 15 is 0 Å². The molecule has 0 aliphatic carbocycles. The molecule has 186 valence electrons. The van der Waals surface area contributed by atoms with Gasteiger partial charge in [-0.1, -0.05) is 100 Å². The number of halogens is 4. The van der Waals surface area contributed by atoms with Gasteiger partial charge in [0.1, 0.15) is 11.2 Å². The first-order valence-electron chi connectivity index (χ1n) is 10.6. The van der Waals surface area contributed by atoms with E-state index in [0.29, 0.717) is 0 Å². The molecule has 10 heteroatoms. The van der Waals surface area contributed by atoms with Gasteiger partial charge in [0.2, 0.25) is 5.52 Å². The lowest BCUT2D eigenvalue weighted by molar-refractivity contribution is -0.665. The van der Waals surface area contributed by atoms with E-state index in [1.165, 1.54) is 30.8 Å². The van der Waals surface area contributed by atoms with Gasteiger partial charge in [0.05, 0.1) is 10.7 Å². The fourth-order valence-corrected chi connectivity index (χ4v) is 5.62. The zero-order valence-corrected chi connectivity index (χ0v) is 25.1. The van der Waals surface area contributed by atoms with E-state index in [1.807, 2.05) is 23.1 Å². The minimum absolute atomic E-state index is 0. The van der Waals surface area contributed by atoms with E-state index in [4.69, 9.17) is 39.9 Å². The molecule has 2 aromatic carbocycles. The summed E-state index contributed by atoms with van der Waals surface area (Å²) in [6, 6.07) is 17.2. The number of carboxylic acids is 1. The van der Waals surface area contributed by atoms with Crippen LogP contribution in [0.5, 0.6) is 0 Å². The normalized spacial score (nSPS) is 14.3. The maximum Gasteiger partial charge on any atom is 0.356 e. The molecule has 4 nitrogen and oxygen atoms in total. The minimum atomic E-state index is -2.17. The molecule has 0 saturated carbocycles. The number of carboxylic acid groups (broad SMARTS) is 1. The molecule has 1 aliphatic heterocycles. The highest BCUT2D eigenvalue weighted by molar-refractivity contribution is 8.03. The number of thioether (sulfide) groups is 1. The lowest BCUT2D eigenvalue weighted by Gasteiger charge is -2.17. The van der Waals surface area contributed by atoms with Crippen LogP contribution in [0, 0.1) is 0 Å². The fraction of sp³-hybridized carbons (Fsp3) is 0.200. The summed E-state index contributed by atoms with van der Waals surface area (Å²) in [5.41, 5.74) is 2.63. The molecule has 4 rings (SSSR count). The minimum Gasteiger partial charge on any atom is -1.00 e. The van der Waals surface area contributed by atoms with E-state index in [1.54, 1.807) is 0 Å². The lowest BCUT2D eigenvalue weighted by atomic mass is 10.3. The van der Waals surface area contributed by atoms with E-state index in [-0.39, 0.29) is 24.0 Å². The molecule has 0 atom stereocenters. The SMILES string of the molecule is CCN1C(=CC=CC=Cc2sc3ccccc3[n+]2CC)Sc2ccccc21.O=C(O)C(Cl)(Cl)Cl.[I-]. The van der Waals surface area contributed by atoms with E-state index in [0.717, 1.165) is 13.1 Å². The van der Waals surface area contributed by atoms with Crippen LogP contribution in [0.1, 0.15) is 18.9 Å². The average Bonchev–Trinajstić information content (AvgIpc) is 3.35. The highest BCUT2D eigenvalue weighted by atomic mass is 127. The first-order valence-corrected chi connectivity index (χ1v) is 13.3. The monoisotopic (exact) mass is 680 g/mol. The van der Waals surface area contributed by atoms with Crippen molar-refractivity contribution in [2.45, 2.75) is 29.1 Å². The molecule has 1 aromatic heterocycles. The van der Waals surface area contributed by atoms with Crippen LogP contribution in [0.25, 0.3) is 16.3 Å². The van der Waals surface area contributed by atoms with Gasteiger partial charge in [-0.3, -0.25) is 0 Å². The molecule has 2 heterocycles. The van der Waals surface area contributed by atoms with Crippen LogP contribution in [0.15, 0.2) is 82.8 Å². The van der Waals surface area contributed by atoms with E-state index in [9.17, 15) is 4.79 Å². The average molecular weight is 682 g/mol. The van der Waals surface area contributed by atoms with Crippen molar-refractivity contribution in [3.63, 3.8) is 0 Å². The van der Waals surface area contributed by atoms with Gasteiger partial charge in [-0.05, 0) is 38.1 Å². The largest absolute Gasteiger partial charge is 1.00 e. The summed E-state index contributed by atoms with van der Waals surface area (Å²) in [7, 11) is 0. The number of carbonyl (C=O) groups is 1. The topological polar surface area (TPSA) is 44.4 Å². The van der Waals surface area contributed by atoms with Gasteiger partial charge in [-0.2, -0.15) is 4.57 Å². The maximum absolute atomic E-state index is 9.62. The van der Waals surface area contributed by atoms with Crippen molar-refractivity contribution < 1.29 is 38.4 Å². The molecule has 0 fully saturated rings. The van der Waals surface area contributed by atoms with Crippen LogP contribution in [-0.2, 0) is 11.3 Å². The van der Waals surface area contributed by atoms with Crippen molar-refractivity contribution in [1.29, 1.82) is 0 Å². The number of allylic oxidation sites excluding steroid dienone is 4. The highest BCUT2D eigenvalue weighted by Crippen LogP contribution is 2.45. The Morgan fingerprint density at radius 1 is 1.06 bits per heavy atom. The number of para-hydroxylation sites is 2. The predicted molar refractivity (Wildman–Crippen MR) is 147 cm³/mol. The third kappa shape index (κ3) is 7.87. The van der Waals surface area contributed by atoms with Gasteiger partial charge >= 0.3 is 5.97 Å². The number of aliphatic carboxylic acids is 1. The van der Waals surface area contributed by atoms with Crippen molar-refractivity contribution in [2.75, 3.05) is 11.4 Å². The lowest BCUT2D eigenvalue weighted by Crippen LogP contribution is -3.00. The van der Waals surface area contributed by atoms with Crippen LogP contribution in [0.3, 0.4) is 0 Å². The Morgan fingerprint density at radius 3 is 2.37 bits per heavy atom. The second kappa shape index (κ2) is 13.9. The number of fused-ring (bicyclic) bond motifs is 2. The Bertz CT molecular complexity index is 1250. The van der Waals surface area contributed by atoms with Gasteiger partial charge in [-0.25, -0.2) is 4.79 Å². The second-order valence-electron chi connectivity index (χ2n) is 7.02. The summed E-state index contributed by atoms with van der Waals surface area (Å²) < 4.78 is 1.54. The molecule has 3 aromatic rings. The van der Waals surface area contributed by atoms with Crippen molar-refractivity contribution in [3.8, 4) is 0 Å². The number of anilines is 1. The number of nitrogens with zero attached hydrogens (tertiary/aromatic N) is 2. The van der Waals surface area contributed by atoms with Crippen molar-refractivity contribution in [3.05, 3.63) is 82.9 Å². The Hall–Kier alpha value is -1.23. The number of alkyl halides is 3. The van der Waals surface area contributed by atoms with Gasteiger partial charge in [0.15, 0.2) is 0 Å². The molecule has 0 spiro atoms. The van der Waals surface area contributed by atoms with Gasteiger partial charge in [0.25, 0.3) is 8.80 Å². The number of hydrogen-bond donors (Lipinski definition) is 1. The standard InChI is InChI=1S/C23H23N2S2.C2HCl3O2.HI/c1-3-24-18-12-8-10-14-20(18)26-22(24)16-6-5-7-17-23-25(4-2)19-13-9-11-15-21(19)27-23;3-2(4,5)1(6)7;/h5-17H,3-4H2,1-2H3;(H,6,7);1H/q+1;;/p-1. The Balaban J connectivity index is 0.000000476. The van der Waals surface area contributed by atoms with Crippen molar-refractivity contribution in [1.82, 2.24) is 0 Å². The number of rotatable bonds is 5. The summed E-state index contributed by atoms with van der Waals surface area (Å²) >= 11 is 18.1. The first kappa shape index (κ1) is 30.0. The predicted octanol–water partition coefficient (Wildman–Crippen LogP) is 4.70. The number of thiazole rings is 1. The Labute approximate surface area is 245 Å². The van der Waals surface area contributed by atoms with Crippen LogP contribution in [0.2, 0.25) is 0 Å². The number of aromatic nitrogens is 1. The van der Waals surface area contributed by atoms with E-state index in [2.05, 4.69) is 102 Å². The molecule has 0 saturated heterocycles. The molecule has 0 amide bonds. The van der Waals surface area contributed by atoms with Crippen LogP contribution >= 0.6 is 57.9 Å². The molecule has 0 radical (unpaired) electrons. The summed E-state index contributed by atoms with van der Waals surface area (Å²) in [6.07, 6.45) is 10.8.